The van der Waals surface area contributed by atoms with Crippen LogP contribution in [0.25, 0.3) is 0 Å². The predicted octanol–water partition coefficient (Wildman–Crippen LogP) is -1.08. The Balaban J connectivity index is 3.68. The highest BCUT2D eigenvalue weighted by Crippen LogP contribution is 2.30. The molecule has 1 aromatic rings. The maximum Gasteiger partial charge on any atom is 0.758 e. The van der Waals surface area contributed by atoms with Crippen molar-refractivity contribution in [3.8, 4) is 0 Å². The van der Waals surface area contributed by atoms with Crippen LogP contribution in [-0.2, 0) is 5.79 Å². The minimum Gasteiger partial charge on any atom is -0.358 e. The Bertz CT molecular complexity index is 510. The summed E-state index contributed by atoms with van der Waals surface area (Å²) in [5.41, 5.74) is -1.73. The van der Waals surface area contributed by atoms with E-state index < -0.39 is 37.0 Å². The van der Waals surface area contributed by atoms with E-state index in [2.05, 4.69) is 14.9 Å². The molecule has 0 aliphatic carbocycles. The first-order valence-corrected chi connectivity index (χ1v) is 3.67. The lowest BCUT2D eigenvalue weighted by atomic mass is 10.2. The Labute approximate surface area is 93.5 Å². The van der Waals surface area contributed by atoms with Crippen LogP contribution in [0.2, 0.25) is 0 Å². The Morgan fingerprint density at radius 1 is 0.889 bits per heavy atom. The molecule has 18 heavy (non-hydrogen) atoms. The van der Waals surface area contributed by atoms with Crippen LogP contribution in [0.4, 0.5) is 5.82 Å². The van der Waals surface area contributed by atoms with Gasteiger partial charge in [-0.3, -0.25) is 30.3 Å². The maximum atomic E-state index is 10.6. The molecule has 0 saturated carbocycles. The number of hydrogen-bond donors (Lipinski definition) is 0. The molecular weight excluding hydrogens is 264 g/mol. The van der Waals surface area contributed by atoms with Crippen molar-refractivity contribution in [2.75, 3.05) is 0 Å². The summed E-state index contributed by atoms with van der Waals surface area (Å²) in [6.45, 7) is 0. The molecule has 1 aromatic heterocycles. The highest BCUT2D eigenvalue weighted by atomic mass is 16.7. The van der Waals surface area contributed by atoms with Crippen molar-refractivity contribution >= 4 is 5.82 Å². The summed E-state index contributed by atoms with van der Waals surface area (Å²) in [6, 6.07) is 0. The second-order valence-corrected chi connectivity index (χ2v) is 2.60. The fourth-order valence-corrected chi connectivity index (χ4v) is 0.974. The summed E-state index contributed by atoms with van der Waals surface area (Å²) >= 11 is 0. The summed E-state index contributed by atoms with van der Waals surface area (Å²) in [5.74, 6) is -5.83. The third-order valence-electron chi connectivity index (χ3n) is 1.73. The number of rotatable bonds is 5. The van der Waals surface area contributed by atoms with Crippen LogP contribution in [0.3, 0.4) is 0 Å². The van der Waals surface area contributed by atoms with Crippen LogP contribution in [-0.4, -0.2) is 30.0 Å². The van der Waals surface area contributed by atoms with Gasteiger partial charge in [0.2, 0.25) is 0 Å². The van der Waals surface area contributed by atoms with E-state index in [9.17, 15) is 40.5 Å². The van der Waals surface area contributed by atoms with Crippen LogP contribution in [0, 0.1) is 40.5 Å². The van der Waals surface area contributed by atoms with E-state index in [1.165, 1.54) is 0 Å². The molecule has 0 fully saturated rings. The molecule has 0 radical (unpaired) electrons. The quantitative estimate of drug-likeness (QED) is 0.354. The van der Waals surface area contributed by atoms with Gasteiger partial charge in [-0.15, -0.1) is 4.63 Å². The summed E-state index contributed by atoms with van der Waals surface area (Å²) < 4.78 is 3.71. The van der Waals surface area contributed by atoms with Gasteiger partial charge < -0.3 is 10.1 Å². The molecule has 0 aromatic carbocycles. The van der Waals surface area contributed by atoms with Crippen molar-refractivity contribution in [2.45, 2.75) is 5.79 Å². The van der Waals surface area contributed by atoms with Gasteiger partial charge in [0.25, 0.3) is 0 Å². The molecule has 0 atom stereocenters. The Hall–Kier alpha value is -3.26. The fourth-order valence-electron chi connectivity index (χ4n) is 0.974. The lowest BCUT2D eigenvalue weighted by Gasteiger charge is -2.04. The van der Waals surface area contributed by atoms with Crippen molar-refractivity contribution in [1.29, 1.82) is 0 Å². The molecule has 0 spiro atoms. The molecule has 1 rings (SSSR count). The van der Waals surface area contributed by atoms with Gasteiger partial charge in [-0.2, -0.15) is 0 Å². The van der Waals surface area contributed by atoms with Crippen molar-refractivity contribution in [3.05, 3.63) is 46.2 Å². The minimum absolute atomic E-state index is 1.43. The second-order valence-electron chi connectivity index (χ2n) is 2.60. The van der Waals surface area contributed by atoms with Gasteiger partial charge in [-0.25, -0.2) is 0 Å². The Kier molecular flexibility index (Phi) is 2.82. The monoisotopic (exact) mass is 264 g/mol. The molecule has 0 unspecified atom stereocenters. The predicted molar refractivity (Wildman–Crippen MR) is 43.6 cm³/mol. The van der Waals surface area contributed by atoms with Gasteiger partial charge in [0.1, 0.15) is 0 Å². The average molecular weight is 264 g/mol. The van der Waals surface area contributed by atoms with Gasteiger partial charge in [0.15, 0.2) is 19.9 Å². The zero-order valence-corrected chi connectivity index (χ0v) is 7.86. The average Bonchev–Trinajstić information content (AvgIpc) is 2.65. The smallest absolute Gasteiger partial charge is 0.358 e. The van der Waals surface area contributed by atoms with E-state index >= 15 is 0 Å². The molecule has 15 heteroatoms. The zero-order valence-electron chi connectivity index (χ0n) is 7.86. The van der Waals surface area contributed by atoms with Crippen molar-refractivity contribution in [2.24, 2.45) is 0 Å². The molecule has 0 bridgehead atoms. The normalized spacial score (nSPS) is 10.9. The molecular formula is C3N6O9. The van der Waals surface area contributed by atoms with Crippen LogP contribution in [0.5, 0.6) is 0 Å². The maximum absolute atomic E-state index is 10.6. The largest absolute Gasteiger partial charge is 0.758 e. The van der Waals surface area contributed by atoms with Gasteiger partial charge >= 0.3 is 17.3 Å². The molecule has 0 aliphatic rings. The summed E-state index contributed by atoms with van der Waals surface area (Å²) in [4.78, 5) is 34.8. The van der Waals surface area contributed by atoms with Crippen molar-refractivity contribution in [1.82, 2.24) is 10.3 Å². The third kappa shape index (κ3) is 1.45. The van der Waals surface area contributed by atoms with Crippen LogP contribution in [0.1, 0.15) is 5.69 Å². The molecule has 0 aliphatic heterocycles. The van der Waals surface area contributed by atoms with E-state index in [0.29, 0.717) is 0 Å². The van der Waals surface area contributed by atoms with E-state index in [1.54, 1.807) is 0 Å². The molecule has 0 saturated heterocycles. The molecule has 15 nitrogen and oxygen atoms in total. The van der Waals surface area contributed by atoms with Gasteiger partial charge in [-0.05, 0) is 4.92 Å². The number of hydrogen-bond acceptors (Lipinski definition) is 11. The zero-order chi connectivity index (χ0) is 14.1. The first-order valence-electron chi connectivity index (χ1n) is 3.67. The first kappa shape index (κ1) is 12.8. The number of nitro groups is 4. The first-order chi connectivity index (χ1) is 8.26. The fraction of sp³-hybridized carbons (Fsp3) is 0.333. The van der Waals surface area contributed by atoms with Gasteiger partial charge in [0, 0.05) is 5.16 Å². The van der Waals surface area contributed by atoms with Crippen molar-refractivity contribution < 1.29 is 24.3 Å². The Morgan fingerprint density at radius 3 is 1.67 bits per heavy atom. The van der Waals surface area contributed by atoms with Crippen molar-refractivity contribution in [3.63, 3.8) is 0 Å². The highest BCUT2D eigenvalue weighted by Gasteiger charge is 2.79. The van der Waals surface area contributed by atoms with Crippen LogP contribution >= 0.6 is 0 Å². The third-order valence-corrected chi connectivity index (χ3v) is 1.73. The van der Waals surface area contributed by atoms with E-state index in [1.807, 2.05) is 0 Å². The lowest BCUT2D eigenvalue weighted by Crippen LogP contribution is -2.50. The summed E-state index contributed by atoms with van der Waals surface area (Å²) in [6.07, 6.45) is 0. The standard InChI is InChI=1S/C3N6O9/c10-6(11)2-1(4-18-5-2)3(7(12)13,8(14)15)9(16)17. The van der Waals surface area contributed by atoms with Gasteiger partial charge in [-0.1, -0.05) is 0 Å². The highest BCUT2D eigenvalue weighted by molar-refractivity contribution is 5.24. The van der Waals surface area contributed by atoms with E-state index in [0.717, 1.165) is 0 Å². The molecule has 0 amide bonds. The lowest BCUT2D eigenvalue weighted by molar-refractivity contribution is -0.987. The minimum atomic E-state index is -4.25. The molecule has 1 heterocycles. The summed E-state index contributed by atoms with van der Waals surface area (Å²) in [5, 5.41) is 47.1. The van der Waals surface area contributed by atoms with Crippen LogP contribution < -0.4 is 0 Å². The SMILES string of the molecule is O=[N+]([O-])c1nonc1C([N+](=O)[O-])([N+](=O)[O-])[N+](=O)[O-]. The van der Waals surface area contributed by atoms with E-state index in [4.69, 9.17) is 0 Å². The van der Waals surface area contributed by atoms with Crippen LogP contribution in [0.15, 0.2) is 4.63 Å². The molecule has 0 N–H and O–H groups in total. The summed E-state index contributed by atoms with van der Waals surface area (Å²) in [7, 11) is 0. The van der Waals surface area contributed by atoms with E-state index in [-0.39, 0.29) is 0 Å². The van der Waals surface area contributed by atoms with Gasteiger partial charge in [0.05, 0.1) is 0 Å². The molecule has 96 valence electrons. The Morgan fingerprint density at radius 2 is 1.33 bits per heavy atom. The number of aromatic nitrogens is 2. The number of nitrogens with zero attached hydrogens (tertiary/aromatic N) is 6. The topological polar surface area (TPSA) is 211 Å². The second kappa shape index (κ2) is 3.96.